The summed E-state index contributed by atoms with van der Waals surface area (Å²) in [5, 5.41) is 0. The zero-order valence-electron chi connectivity index (χ0n) is 38.3. The summed E-state index contributed by atoms with van der Waals surface area (Å²) < 4.78 is 16.7. The van der Waals surface area contributed by atoms with Gasteiger partial charge in [0.25, 0.3) is 0 Å². The van der Waals surface area contributed by atoms with Crippen molar-refractivity contribution < 1.29 is 28.6 Å². The summed E-state index contributed by atoms with van der Waals surface area (Å²) in [5.74, 6) is -0.912. The van der Waals surface area contributed by atoms with E-state index in [0.29, 0.717) is 19.3 Å². The molecule has 0 saturated heterocycles. The molecule has 0 aromatic rings. The molecular formula is C52H92O6. The molecule has 0 aromatic heterocycles. The minimum absolute atomic E-state index is 0.0824. The first-order valence-electron chi connectivity index (χ1n) is 24.6. The highest BCUT2D eigenvalue weighted by Crippen LogP contribution is 2.13. The molecule has 0 fully saturated rings. The van der Waals surface area contributed by atoms with E-state index in [9.17, 15) is 14.4 Å². The van der Waals surface area contributed by atoms with E-state index in [0.717, 1.165) is 103 Å². The minimum Gasteiger partial charge on any atom is -0.462 e. The fourth-order valence-corrected chi connectivity index (χ4v) is 6.80. The summed E-state index contributed by atoms with van der Waals surface area (Å²) in [6.45, 7) is 6.55. The van der Waals surface area contributed by atoms with E-state index in [1.54, 1.807) is 0 Å². The van der Waals surface area contributed by atoms with Crippen LogP contribution in [-0.2, 0) is 28.6 Å². The van der Waals surface area contributed by atoms with Crippen LogP contribution in [0.4, 0.5) is 0 Å². The van der Waals surface area contributed by atoms with Crippen molar-refractivity contribution in [3.63, 3.8) is 0 Å². The Balaban J connectivity index is 4.36. The lowest BCUT2D eigenvalue weighted by atomic mass is 10.1. The van der Waals surface area contributed by atoms with E-state index < -0.39 is 6.10 Å². The number of esters is 3. The molecule has 0 spiro atoms. The van der Waals surface area contributed by atoms with Gasteiger partial charge in [-0.2, -0.15) is 0 Å². The van der Waals surface area contributed by atoms with Gasteiger partial charge in [-0.05, 0) is 83.5 Å². The van der Waals surface area contributed by atoms with Crippen molar-refractivity contribution in [1.82, 2.24) is 0 Å². The zero-order chi connectivity index (χ0) is 42.3. The number of ether oxygens (including phenoxy) is 3. The van der Waals surface area contributed by atoms with E-state index in [4.69, 9.17) is 14.2 Å². The lowest BCUT2D eigenvalue weighted by Crippen LogP contribution is -2.30. The molecule has 0 amide bonds. The highest BCUT2D eigenvalue weighted by Gasteiger charge is 2.19. The lowest BCUT2D eigenvalue weighted by Gasteiger charge is -2.18. The smallest absolute Gasteiger partial charge is 0.306 e. The van der Waals surface area contributed by atoms with Crippen LogP contribution in [0, 0.1) is 0 Å². The molecule has 6 nitrogen and oxygen atoms in total. The van der Waals surface area contributed by atoms with Gasteiger partial charge in [-0.15, -0.1) is 0 Å². The first-order valence-corrected chi connectivity index (χ1v) is 24.6. The van der Waals surface area contributed by atoms with Gasteiger partial charge in [0.15, 0.2) is 6.10 Å². The fraction of sp³-hybridized carbons (Fsp3) is 0.788. The van der Waals surface area contributed by atoms with Crippen LogP contribution in [0.1, 0.15) is 245 Å². The second-order valence-corrected chi connectivity index (χ2v) is 16.4. The molecule has 0 N–H and O–H groups in total. The van der Waals surface area contributed by atoms with Crippen LogP contribution in [0.25, 0.3) is 0 Å². The third-order valence-electron chi connectivity index (χ3n) is 10.6. The Hall–Kier alpha value is -2.63. The first-order chi connectivity index (χ1) is 28.5. The Labute approximate surface area is 358 Å². The van der Waals surface area contributed by atoms with Crippen molar-refractivity contribution in [2.45, 2.75) is 252 Å². The summed E-state index contributed by atoms with van der Waals surface area (Å²) in [6, 6.07) is 0. The van der Waals surface area contributed by atoms with Gasteiger partial charge < -0.3 is 14.2 Å². The van der Waals surface area contributed by atoms with Gasteiger partial charge in [-0.25, -0.2) is 0 Å². The average Bonchev–Trinajstić information content (AvgIpc) is 3.22. The Morgan fingerprint density at radius 1 is 0.345 bits per heavy atom. The van der Waals surface area contributed by atoms with Gasteiger partial charge in [0, 0.05) is 19.3 Å². The predicted molar refractivity (Wildman–Crippen MR) is 247 cm³/mol. The maximum atomic E-state index is 12.7. The largest absolute Gasteiger partial charge is 0.462 e. The van der Waals surface area contributed by atoms with E-state index >= 15 is 0 Å². The van der Waals surface area contributed by atoms with E-state index in [1.807, 2.05) is 0 Å². The van der Waals surface area contributed by atoms with Gasteiger partial charge in [-0.1, -0.05) is 191 Å². The molecular weight excluding hydrogens is 721 g/mol. The summed E-state index contributed by atoms with van der Waals surface area (Å²) in [6.07, 6.45) is 55.2. The Morgan fingerprint density at radius 3 is 0.966 bits per heavy atom. The van der Waals surface area contributed by atoms with Crippen LogP contribution in [0.3, 0.4) is 0 Å². The average molecular weight is 813 g/mol. The van der Waals surface area contributed by atoms with Crippen LogP contribution in [-0.4, -0.2) is 37.2 Å². The van der Waals surface area contributed by atoms with E-state index in [1.165, 1.54) is 103 Å². The number of unbranched alkanes of at least 4 members (excludes halogenated alkanes) is 25. The molecule has 0 aliphatic rings. The molecule has 0 aliphatic heterocycles. The number of hydrogen-bond donors (Lipinski definition) is 0. The molecule has 0 aromatic carbocycles. The van der Waals surface area contributed by atoms with Gasteiger partial charge in [0.05, 0.1) is 0 Å². The van der Waals surface area contributed by atoms with Gasteiger partial charge in [-0.3, -0.25) is 14.4 Å². The first kappa shape index (κ1) is 55.4. The fourth-order valence-electron chi connectivity index (χ4n) is 6.80. The topological polar surface area (TPSA) is 78.9 Å². The van der Waals surface area contributed by atoms with Gasteiger partial charge in [0.1, 0.15) is 13.2 Å². The monoisotopic (exact) mass is 813 g/mol. The molecule has 0 radical (unpaired) electrons. The van der Waals surface area contributed by atoms with Crippen molar-refractivity contribution in [2.24, 2.45) is 0 Å². The van der Waals surface area contributed by atoms with Gasteiger partial charge in [0.2, 0.25) is 0 Å². The number of carbonyl (C=O) groups is 3. The highest BCUT2D eigenvalue weighted by molar-refractivity contribution is 5.71. The highest BCUT2D eigenvalue weighted by atomic mass is 16.6. The molecule has 6 heteroatoms. The third-order valence-corrected chi connectivity index (χ3v) is 10.6. The summed E-state index contributed by atoms with van der Waals surface area (Å²) in [5.41, 5.74) is 0. The van der Waals surface area contributed by atoms with Crippen LogP contribution in [0.2, 0.25) is 0 Å². The molecule has 336 valence electrons. The van der Waals surface area contributed by atoms with Crippen LogP contribution in [0.15, 0.2) is 48.6 Å². The third kappa shape index (κ3) is 44.5. The van der Waals surface area contributed by atoms with Crippen molar-refractivity contribution in [2.75, 3.05) is 13.2 Å². The van der Waals surface area contributed by atoms with E-state index in [2.05, 4.69) is 69.4 Å². The summed E-state index contributed by atoms with van der Waals surface area (Å²) >= 11 is 0. The molecule has 0 bridgehead atoms. The lowest BCUT2D eigenvalue weighted by molar-refractivity contribution is -0.167. The normalized spacial score (nSPS) is 12.4. The van der Waals surface area contributed by atoms with Crippen molar-refractivity contribution >= 4 is 17.9 Å². The van der Waals surface area contributed by atoms with Crippen LogP contribution in [0.5, 0.6) is 0 Å². The molecule has 1 atom stereocenters. The zero-order valence-corrected chi connectivity index (χ0v) is 38.3. The molecule has 0 aliphatic carbocycles. The standard InChI is InChI=1S/C52H92O6/c1-4-7-10-13-16-19-21-23-25-27-29-31-33-36-39-42-45-51(54)57-48-49(47-56-50(53)44-41-38-35-18-15-12-9-6-3)58-52(55)46-43-40-37-34-32-30-28-26-24-22-20-17-14-11-8-5-2/h19-22,25-28,49H,4-18,23-24,29-48H2,1-3H3/b21-19-,22-20-,27-25-,28-26-. The number of hydrogen-bond acceptors (Lipinski definition) is 6. The minimum atomic E-state index is -0.781. The molecule has 0 saturated carbocycles. The quantitative estimate of drug-likeness (QED) is 0.0264. The maximum Gasteiger partial charge on any atom is 0.306 e. The van der Waals surface area contributed by atoms with Crippen molar-refractivity contribution in [3.05, 3.63) is 48.6 Å². The SMILES string of the molecule is CCCCCC/C=C\C/C=C\CCCCCCCC(=O)OCC(COC(=O)CCCCCCCCCC)OC(=O)CCCCCCC/C=C\C/C=C\CCCCCC. The summed E-state index contributed by atoms with van der Waals surface area (Å²) in [4.78, 5) is 37.8. The second kappa shape index (κ2) is 47.1. The number of carbonyl (C=O) groups excluding carboxylic acids is 3. The van der Waals surface area contributed by atoms with Gasteiger partial charge >= 0.3 is 17.9 Å². The van der Waals surface area contributed by atoms with Crippen LogP contribution >= 0.6 is 0 Å². The molecule has 58 heavy (non-hydrogen) atoms. The Bertz CT molecular complexity index is 1030. The van der Waals surface area contributed by atoms with Crippen molar-refractivity contribution in [1.29, 1.82) is 0 Å². The Kier molecular flexibility index (Phi) is 44.9. The summed E-state index contributed by atoms with van der Waals surface area (Å²) in [7, 11) is 0. The van der Waals surface area contributed by atoms with Crippen LogP contribution < -0.4 is 0 Å². The molecule has 0 rings (SSSR count). The predicted octanol–water partition coefficient (Wildman–Crippen LogP) is 15.9. The molecule has 0 heterocycles. The second-order valence-electron chi connectivity index (χ2n) is 16.4. The van der Waals surface area contributed by atoms with Crippen molar-refractivity contribution in [3.8, 4) is 0 Å². The number of allylic oxidation sites excluding steroid dienone is 8. The Morgan fingerprint density at radius 2 is 0.621 bits per heavy atom. The maximum absolute atomic E-state index is 12.7. The molecule has 1 unspecified atom stereocenters. The number of rotatable bonds is 44. The van der Waals surface area contributed by atoms with E-state index in [-0.39, 0.29) is 31.1 Å².